The van der Waals surface area contributed by atoms with Crippen LogP contribution in [0.25, 0.3) is 0 Å². The molecule has 1 aromatic heterocycles. The molecule has 0 spiro atoms. The maximum Gasteiger partial charge on any atom is 0.271 e. The third-order valence-electron chi connectivity index (χ3n) is 5.56. The Balaban J connectivity index is 1.35. The van der Waals surface area contributed by atoms with E-state index in [2.05, 4.69) is 15.3 Å². The first-order valence-electron chi connectivity index (χ1n) is 9.48. The van der Waals surface area contributed by atoms with Crippen molar-refractivity contribution in [2.45, 2.75) is 31.6 Å². The monoisotopic (exact) mass is 356 g/mol. The van der Waals surface area contributed by atoms with Crippen molar-refractivity contribution in [2.24, 2.45) is 5.92 Å². The summed E-state index contributed by atoms with van der Waals surface area (Å²) in [5.41, 5.74) is 1.72. The second-order valence-corrected chi connectivity index (χ2v) is 7.44. The summed E-state index contributed by atoms with van der Waals surface area (Å²) in [6, 6.07) is 6.67. The fraction of sp³-hybridized carbons (Fsp3) is 0.500. The zero-order chi connectivity index (χ0) is 17.9. The molecule has 2 aliphatic rings. The molecular formula is C20H25FN4O. The summed E-state index contributed by atoms with van der Waals surface area (Å²) in [4.78, 5) is 22.4. The first-order chi connectivity index (χ1) is 12.7. The summed E-state index contributed by atoms with van der Waals surface area (Å²) in [6.45, 7) is 3.53. The minimum atomic E-state index is -0.208. The Kier molecular flexibility index (Phi) is 5.02. The third-order valence-corrected chi connectivity index (χ3v) is 5.56. The molecule has 2 aliphatic heterocycles. The summed E-state index contributed by atoms with van der Waals surface area (Å²) in [5, 5.41) is 3.35. The van der Waals surface area contributed by atoms with Gasteiger partial charge < -0.3 is 15.2 Å². The van der Waals surface area contributed by atoms with Gasteiger partial charge in [-0.25, -0.2) is 9.37 Å². The number of benzene rings is 1. The van der Waals surface area contributed by atoms with Crippen LogP contribution in [0.2, 0.25) is 0 Å². The van der Waals surface area contributed by atoms with E-state index in [1.165, 1.54) is 12.1 Å². The Bertz CT molecular complexity index is 751. The van der Waals surface area contributed by atoms with Crippen LogP contribution in [0.15, 0.2) is 30.5 Å². The van der Waals surface area contributed by atoms with Crippen LogP contribution in [-0.2, 0) is 6.42 Å². The molecule has 138 valence electrons. The van der Waals surface area contributed by atoms with Crippen LogP contribution in [0.1, 0.15) is 47.1 Å². The normalized spacial score (nSPS) is 21.3. The van der Waals surface area contributed by atoms with E-state index >= 15 is 0 Å². The summed E-state index contributed by atoms with van der Waals surface area (Å²) in [7, 11) is 0. The highest BCUT2D eigenvalue weighted by Crippen LogP contribution is 2.25. The van der Waals surface area contributed by atoms with E-state index in [1.54, 1.807) is 6.20 Å². The number of H-pyrrole nitrogens is 1. The molecule has 0 radical (unpaired) electrons. The number of amides is 1. The molecule has 2 fully saturated rings. The molecule has 0 aliphatic carbocycles. The molecule has 1 unspecified atom stereocenters. The Morgan fingerprint density at radius 1 is 1.19 bits per heavy atom. The molecule has 0 saturated carbocycles. The highest BCUT2D eigenvalue weighted by atomic mass is 19.1. The number of likely N-dealkylation sites (tertiary alicyclic amines) is 1. The standard InChI is InChI=1S/C20H25FN4O/c21-17-3-1-14(2-4-17)11-15-7-10-25(13-15)20(26)18-12-23-19(24-18)16-5-8-22-9-6-16/h1-4,12,15-16,22H,5-11,13H2,(H,23,24). The van der Waals surface area contributed by atoms with Gasteiger partial charge in [0, 0.05) is 19.0 Å². The molecule has 1 atom stereocenters. The van der Waals surface area contributed by atoms with Crippen LogP contribution in [0, 0.1) is 11.7 Å². The van der Waals surface area contributed by atoms with Crippen molar-refractivity contribution in [3.8, 4) is 0 Å². The minimum Gasteiger partial charge on any atom is -0.338 e. The molecule has 1 amide bonds. The number of aromatic nitrogens is 2. The van der Waals surface area contributed by atoms with Crippen molar-refractivity contribution in [2.75, 3.05) is 26.2 Å². The molecule has 2 aromatic rings. The highest BCUT2D eigenvalue weighted by Gasteiger charge is 2.28. The van der Waals surface area contributed by atoms with Gasteiger partial charge in [-0.2, -0.15) is 0 Å². The van der Waals surface area contributed by atoms with Crippen molar-refractivity contribution in [1.29, 1.82) is 0 Å². The van der Waals surface area contributed by atoms with Crippen molar-refractivity contribution >= 4 is 5.91 Å². The summed E-state index contributed by atoms with van der Waals surface area (Å²) < 4.78 is 13.0. The maximum absolute atomic E-state index is 13.0. The van der Waals surface area contributed by atoms with E-state index in [4.69, 9.17) is 0 Å². The average molecular weight is 356 g/mol. The van der Waals surface area contributed by atoms with Crippen LogP contribution < -0.4 is 5.32 Å². The Labute approximate surface area is 153 Å². The first kappa shape index (κ1) is 17.2. The van der Waals surface area contributed by atoms with Crippen LogP contribution in [0.4, 0.5) is 4.39 Å². The van der Waals surface area contributed by atoms with Crippen LogP contribution >= 0.6 is 0 Å². The van der Waals surface area contributed by atoms with Crippen molar-refractivity contribution < 1.29 is 9.18 Å². The van der Waals surface area contributed by atoms with Gasteiger partial charge in [0.1, 0.15) is 17.3 Å². The summed E-state index contributed by atoms with van der Waals surface area (Å²) in [5.74, 6) is 1.62. The van der Waals surface area contributed by atoms with Gasteiger partial charge in [0.2, 0.25) is 0 Å². The molecular weight excluding hydrogens is 331 g/mol. The van der Waals surface area contributed by atoms with Crippen LogP contribution in [0.3, 0.4) is 0 Å². The third kappa shape index (κ3) is 3.80. The van der Waals surface area contributed by atoms with E-state index < -0.39 is 0 Å². The van der Waals surface area contributed by atoms with Crippen molar-refractivity contribution in [1.82, 2.24) is 20.2 Å². The quantitative estimate of drug-likeness (QED) is 0.885. The molecule has 26 heavy (non-hydrogen) atoms. The predicted molar refractivity (Wildman–Crippen MR) is 97.5 cm³/mol. The van der Waals surface area contributed by atoms with Gasteiger partial charge in [0.05, 0.1) is 6.20 Å². The molecule has 6 heteroatoms. The molecule has 1 aromatic carbocycles. The van der Waals surface area contributed by atoms with Gasteiger partial charge in [-0.3, -0.25) is 4.79 Å². The minimum absolute atomic E-state index is 0.0410. The van der Waals surface area contributed by atoms with E-state index in [9.17, 15) is 9.18 Å². The van der Waals surface area contributed by atoms with Gasteiger partial charge in [-0.05, 0) is 62.4 Å². The van der Waals surface area contributed by atoms with E-state index in [0.717, 1.165) is 63.3 Å². The SMILES string of the molecule is O=C(c1cnc(C2CCNCC2)[nH]1)N1CCC(Cc2ccc(F)cc2)C1. The van der Waals surface area contributed by atoms with Crippen LogP contribution in [-0.4, -0.2) is 47.0 Å². The highest BCUT2D eigenvalue weighted by molar-refractivity contribution is 5.92. The van der Waals surface area contributed by atoms with Gasteiger partial charge in [0.25, 0.3) is 5.91 Å². The summed E-state index contributed by atoms with van der Waals surface area (Å²) in [6.07, 6.45) is 5.67. The largest absolute Gasteiger partial charge is 0.338 e. The molecule has 4 rings (SSSR count). The molecule has 3 heterocycles. The lowest BCUT2D eigenvalue weighted by Crippen LogP contribution is -2.29. The summed E-state index contributed by atoms with van der Waals surface area (Å²) >= 11 is 0. The molecule has 2 N–H and O–H groups in total. The first-order valence-corrected chi connectivity index (χ1v) is 9.48. The van der Waals surface area contributed by atoms with Gasteiger partial charge in [0.15, 0.2) is 0 Å². The zero-order valence-electron chi connectivity index (χ0n) is 14.9. The predicted octanol–water partition coefficient (Wildman–Crippen LogP) is 2.72. The lowest BCUT2D eigenvalue weighted by Gasteiger charge is -2.20. The number of carbonyl (C=O) groups excluding carboxylic acids is 1. The van der Waals surface area contributed by atoms with Crippen molar-refractivity contribution in [3.05, 3.63) is 53.4 Å². The maximum atomic E-state index is 13.0. The average Bonchev–Trinajstić information content (AvgIpc) is 3.34. The number of rotatable bonds is 4. The Morgan fingerprint density at radius 3 is 2.73 bits per heavy atom. The number of aromatic amines is 1. The van der Waals surface area contributed by atoms with Crippen LogP contribution in [0.5, 0.6) is 0 Å². The number of halogens is 1. The van der Waals surface area contributed by atoms with E-state index in [1.807, 2.05) is 17.0 Å². The van der Waals surface area contributed by atoms with Crippen molar-refractivity contribution in [3.63, 3.8) is 0 Å². The van der Waals surface area contributed by atoms with Gasteiger partial charge in [-0.15, -0.1) is 0 Å². The van der Waals surface area contributed by atoms with E-state index in [-0.39, 0.29) is 11.7 Å². The lowest BCUT2D eigenvalue weighted by atomic mass is 9.98. The van der Waals surface area contributed by atoms with E-state index in [0.29, 0.717) is 17.5 Å². The fourth-order valence-electron chi connectivity index (χ4n) is 4.06. The number of nitrogens with zero attached hydrogens (tertiary/aromatic N) is 2. The lowest BCUT2D eigenvalue weighted by molar-refractivity contribution is 0.0781. The molecule has 0 bridgehead atoms. The van der Waals surface area contributed by atoms with Gasteiger partial charge in [-0.1, -0.05) is 12.1 Å². The number of hydrogen-bond donors (Lipinski definition) is 2. The topological polar surface area (TPSA) is 61.0 Å². The number of piperidine rings is 1. The number of imidazole rings is 1. The second-order valence-electron chi connectivity index (χ2n) is 7.44. The smallest absolute Gasteiger partial charge is 0.271 e. The fourth-order valence-corrected chi connectivity index (χ4v) is 4.06. The number of nitrogens with one attached hydrogen (secondary N) is 2. The molecule has 2 saturated heterocycles. The molecule has 5 nitrogen and oxygen atoms in total. The number of hydrogen-bond acceptors (Lipinski definition) is 3. The number of carbonyl (C=O) groups is 1. The Hall–Kier alpha value is -2.21. The zero-order valence-corrected chi connectivity index (χ0v) is 14.9. The second kappa shape index (κ2) is 7.58. The van der Waals surface area contributed by atoms with Gasteiger partial charge >= 0.3 is 0 Å². The Morgan fingerprint density at radius 2 is 1.96 bits per heavy atom.